The van der Waals surface area contributed by atoms with Crippen molar-refractivity contribution in [3.05, 3.63) is 29.8 Å². The Hall–Kier alpha value is -0.690. The van der Waals surface area contributed by atoms with Gasteiger partial charge in [-0.25, -0.2) is 0 Å². The molecule has 0 radical (unpaired) electrons. The quantitative estimate of drug-likeness (QED) is 0.752. The van der Waals surface area contributed by atoms with E-state index in [1.54, 1.807) is 6.07 Å². The maximum atomic E-state index is 9.41. The Bertz CT molecular complexity index is 235. The van der Waals surface area contributed by atoms with Crippen LogP contribution in [-0.2, 0) is 0 Å². The fourth-order valence-corrected chi connectivity index (χ4v) is 1.12. The third-order valence-electron chi connectivity index (χ3n) is 2.08. The summed E-state index contributed by atoms with van der Waals surface area (Å²) >= 11 is 0. The number of hydrogen-bond acceptors (Lipinski definition) is 1. The predicted molar refractivity (Wildman–Crippen MR) is 54.1 cm³/mol. The Morgan fingerprint density at radius 2 is 1.92 bits per heavy atom. The average Bonchev–Trinajstić information content (AvgIpc) is 2.04. The molecule has 1 unspecified atom stereocenters. The number of hydrogen-bond donors (Lipinski definition) is 1. The number of rotatable bonds is 2. The number of para-hydroxylation sites is 1. The van der Waals surface area contributed by atoms with Gasteiger partial charge in [-0.1, -0.05) is 32.0 Å². The van der Waals surface area contributed by atoms with Crippen molar-refractivity contribution in [2.45, 2.75) is 26.2 Å². The van der Waals surface area contributed by atoms with Gasteiger partial charge in [-0.05, 0) is 24.0 Å². The van der Waals surface area contributed by atoms with Crippen molar-refractivity contribution in [3.63, 3.8) is 0 Å². The fraction of sp³-hybridized carbons (Fsp3) is 0.400. The number of phenolic OH excluding ortho intramolecular Hbond substituents is 1. The SMILES string of the molecule is CCC(C)c1ccccc1O.Cl. The Morgan fingerprint density at radius 1 is 1.33 bits per heavy atom. The van der Waals surface area contributed by atoms with E-state index in [2.05, 4.69) is 13.8 Å². The molecule has 2 heteroatoms. The number of phenols is 1. The Morgan fingerprint density at radius 3 is 2.42 bits per heavy atom. The van der Waals surface area contributed by atoms with Crippen LogP contribution in [0.15, 0.2) is 24.3 Å². The van der Waals surface area contributed by atoms with Gasteiger partial charge in [-0.3, -0.25) is 0 Å². The van der Waals surface area contributed by atoms with Crippen LogP contribution < -0.4 is 0 Å². The third kappa shape index (κ3) is 2.42. The van der Waals surface area contributed by atoms with Crippen LogP contribution in [0, 0.1) is 0 Å². The van der Waals surface area contributed by atoms with E-state index in [9.17, 15) is 5.11 Å². The topological polar surface area (TPSA) is 20.2 Å². The summed E-state index contributed by atoms with van der Waals surface area (Å²) < 4.78 is 0. The van der Waals surface area contributed by atoms with E-state index in [1.807, 2.05) is 18.2 Å². The van der Waals surface area contributed by atoms with Crippen LogP contribution >= 0.6 is 12.4 Å². The molecule has 0 bridgehead atoms. The van der Waals surface area contributed by atoms with Crippen LogP contribution in [0.3, 0.4) is 0 Å². The van der Waals surface area contributed by atoms with Crippen LogP contribution in [0.2, 0.25) is 0 Å². The van der Waals surface area contributed by atoms with Crippen molar-refractivity contribution in [3.8, 4) is 5.75 Å². The molecule has 0 fully saturated rings. The molecule has 0 aliphatic heterocycles. The average molecular weight is 187 g/mol. The van der Waals surface area contributed by atoms with Gasteiger partial charge in [0.2, 0.25) is 0 Å². The van der Waals surface area contributed by atoms with Gasteiger partial charge in [0, 0.05) is 0 Å². The summed E-state index contributed by atoms with van der Waals surface area (Å²) in [7, 11) is 0. The van der Waals surface area contributed by atoms with Gasteiger partial charge in [0.05, 0.1) is 0 Å². The summed E-state index contributed by atoms with van der Waals surface area (Å²) in [6.45, 7) is 4.24. The third-order valence-corrected chi connectivity index (χ3v) is 2.08. The van der Waals surface area contributed by atoms with Gasteiger partial charge >= 0.3 is 0 Å². The van der Waals surface area contributed by atoms with Gasteiger partial charge in [-0.2, -0.15) is 0 Å². The predicted octanol–water partition coefficient (Wildman–Crippen LogP) is 3.33. The molecule has 12 heavy (non-hydrogen) atoms. The summed E-state index contributed by atoms with van der Waals surface area (Å²) in [5.74, 6) is 0.873. The van der Waals surface area contributed by atoms with Crippen molar-refractivity contribution < 1.29 is 5.11 Å². The molecular formula is C10H15ClO. The minimum absolute atomic E-state index is 0. The molecule has 0 aliphatic rings. The molecule has 1 rings (SSSR count). The first-order chi connectivity index (χ1) is 5.25. The number of aromatic hydroxyl groups is 1. The Balaban J connectivity index is 0.00000121. The summed E-state index contributed by atoms with van der Waals surface area (Å²) in [6, 6.07) is 7.52. The lowest BCUT2D eigenvalue weighted by Crippen LogP contribution is -1.90. The minimum atomic E-state index is 0. The molecule has 0 amide bonds. The maximum Gasteiger partial charge on any atom is 0.119 e. The number of benzene rings is 1. The molecule has 0 aromatic heterocycles. The summed E-state index contributed by atoms with van der Waals surface area (Å²) in [5, 5.41) is 9.41. The first kappa shape index (κ1) is 11.3. The molecule has 0 saturated carbocycles. The standard InChI is InChI=1S/C10H14O.ClH/c1-3-8(2)9-6-4-5-7-10(9)11;/h4-8,11H,3H2,1-2H3;1H. The van der Waals surface area contributed by atoms with E-state index in [-0.39, 0.29) is 12.4 Å². The Kier molecular flexibility index (Phi) is 4.75. The van der Waals surface area contributed by atoms with Gasteiger partial charge in [0.1, 0.15) is 5.75 Å². The first-order valence-electron chi connectivity index (χ1n) is 4.03. The highest BCUT2D eigenvalue weighted by Crippen LogP contribution is 2.26. The zero-order valence-corrected chi connectivity index (χ0v) is 8.27. The van der Waals surface area contributed by atoms with E-state index < -0.39 is 0 Å². The van der Waals surface area contributed by atoms with E-state index in [1.165, 1.54) is 0 Å². The van der Waals surface area contributed by atoms with Gasteiger partial charge in [0.25, 0.3) is 0 Å². The lowest BCUT2D eigenvalue weighted by Gasteiger charge is -2.09. The highest BCUT2D eigenvalue weighted by molar-refractivity contribution is 5.85. The van der Waals surface area contributed by atoms with E-state index >= 15 is 0 Å². The van der Waals surface area contributed by atoms with Crippen molar-refractivity contribution >= 4 is 12.4 Å². The molecule has 1 N–H and O–H groups in total. The summed E-state index contributed by atoms with van der Waals surface area (Å²) in [5.41, 5.74) is 1.05. The van der Waals surface area contributed by atoms with Crippen LogP contribution in [0.4, 0.5) is 0 Å². The maximum absolute atomic E-state index is 9.41. The molecule has 0 saturated heterocycles. The monoisotopic (exact) mass is 186 g/mol. The van der Waals surface area contributed by atoms with Crippen molar-refractivity contribution in [2.24, 2.45) is 0 Å². The lowest BCUT2D eigenvalue weighted by molar-refractivity contribution is 0.462. The number of halogens is 1. The molecule has 1 aromatic rings. The van der Waals surface area contributed by atoms with Crippen LogP contribution in [0.5, 0.6) is 5.75 Å². The van der Waals surface area contributed by atoms with Crippen molar-refractivity contribution in [2.75, 3.05) is 0 Å². The molecule has 1 aromatic carbocycles. The van der Waals surface area contributed by atoms with E-state index in [4.69, 9.17) is 0 Å². The van der Waals surface area contributed by atoms with Crippen LogP contribution in [-0.4, -0.2) is 5.11 Å². The van der Waals surface area contributed by atoms with E-state index in [0.717, 1.165) is 12.0 Å². The zero-order valence-electron chi connectivity index (χ0n) is 7.45. The second-order valence-electron chi connectivity index (χ2n) is 2.87. The first-order valence-corrected chi connectivity index (χ1v) is 4.03. The highest BCUT2D eigenvalue weighted by Gasteiger charge is 2.05. The second kappa shape index (κ2) is 5.04. The van der Waals surface area contributed by atoms with Crippen molar-refractivity contribution in [1.82, 2.24) is 0 Å². The van der Waals surface area contributed by atoms with E-state index in [0.29, 0.717) is 11.7 Å². The second-order valence-corrected chi connectivity index (χ2v) is 2.87. The lowest BCUT2D eigenvalue weighted by atomic mass is 9.98. The van der Waals surface area contributed by atoms with Gasteiger partial charge < -0.3 is 5.11 Å². The molecule has 0 heterocycles. The van der Waals surface area contributed by atoms with Gasteiger partial charge in [0.15, 0.2) is 0 Å². The van der Waals surface area contributed by atoms with Gasteiger partial charge in [-0.15, -0.1) is 12.4 Å². The minimum Gasteiger partial charge on any atom is -0.508 e. The summed E-state index contributed by atoms with van der Waals surface area (Å²) in [4.78, 5) is 0. The smallest absolute Gasteiger partial charge is 0.119 e. The van der Waals surface area contributed by atoms with Crippen LogP contribution in [0.25, 0.3) is 0 Å². The summed E-state index contributed by atoms with van der Waals surface area (Å²) in [6.07, 6.45) is 1.07. The molecule has 1 atom stereocenters. The largest absolute Gasteiger partial charge is 0.508 e. The zero-order chi connectivity index (χ0) is 8.27. The fourth-order valence-electron chi connectivity index (χ4n) is 1.12. The Labute approximate surface area is 79.8 Å². The molecule has 0 aliphatic carbocycles. The molecular weight excluding hydrogens is 172 g/mol. The van der Waals surface area contributed by atoms with Crippen molar-refractivity contribution in [1.29, 1.82) is 0 Å². The van der Waals surface area contributed by atoms with Crippen LogP contribution in [0.1, 0.15) is 31.7 Å². The molecule has 68 valence electrons. The molecule has 0 spiro atoms. The molecule has 1 nitrogen and oxygen atoms in total. The highest BCUT2D eigenvalue weighted by atomic mass is 35.5. The normalized spacial score (nSPS) is 11.8.